The maximum absolute atomic E-state index is 5.90. The van der Waals surface area contributed by atoms with Gasteiger partial charge in [-0.1, -0.05) is 25.5 Å². The van der Waals surface area contributed by atoms with Crippen LogP contribution in [0.5, 0.6) is 0 Å². The quantitative estimate of drug-likeness (QED) is 0.603. The van der Waals surface area contributed by atoms with E-state index in [0.717, 1.165) is 12.3 Å². The van der Waals surface area contributed by atoms with Crippen molar-refractivity contribution in [3.8, 4) is 0 Å². The number of rotatable bonds is 5. The molecule has 1 saturated carbocycles. The first-order chi connectivity index (χ1) is 5.24. The maximum Gasteiger partial charge on any atom is 0.0250 e. The first-order valence-electron chi connectivity index (χ1n) is 4.67. The largest absolute Gasteiger partial charge is 0.324 e. The second-order valence-electron chi connectivity index (χ2n) is 3.70. The minimum Gasteiger partial charge on any atom is -0.324 e. The molecule has 1 rings (SSSR count). The molecule has 0 aromatic rings. The predicted octanol–water partition coefficient (Wildman–Crippen LogP) is 2.47. The molecule has 0 aromatic heterocycles. The predicted molar refractivity (Wildman–Crippen MR) is 49.4 cm³/mol. The number of hydrogen-bond acceptors (Lipinski definition) is 1. The third-order valence-electron chi connectivity index (χ3n) is 2.37. The lowest BCUT2D eigenvalue weighted by atomic mass is 10.00. The van der Waals surface area contributed by atoms with Crippen LogP contribution in [-0.4, -0.2) is 6.04 Å². The van der Waals surface area contributed by atoms with Crippen molar-refractivity contribution in [1.29, 1.82) is 0 Å². The van der Waals surface area contributed by atoms with Crippen LogP contribution in [-0.2, 0) is 0 Å². The highest BCUT2D eigenvalue weighted by molar-refractivity contribution is 5.06. The lowest BCUT2D eigenvalue weighted by Crippen LogP contribution is -2.21. The lowest BCUT2D eigenvalue weighted by molar-refractivity contribution is 0.632. The van der Waals surface area contributed by atoms with Gasteiger partial charge in [-0.2, -0.15) is 0 Å². The molecule has 0 amide bonds. The Bertz CT molecular complexity index is 136. The van der Waals surface area contributed by atoms with Crippen LogP contribution in [0.4, 0.5) is 0 Å². The summed E-state index contributed by atoms with van der Waals surface area (Å²) in [5.74, 6) is 0.936. The molecule has 2 N–H and O–H groups in total. The molecule has 0 bridgehead atoms. The Morgan fingerprint density at radius 3 is 2.73 bits per heavy atom. The molecular weight excluding hydrogens is 134 g/mol. The molecule has 1 aliphatic carbocycles. The zero-order valence-electron chi connectivity index (χ0n) is 7.47. The fraction of sp³-hybridized carbons (Fsp3) is 0.800. The highest BCUT2D eigenvalue weighted by atomic mass is 14.6. The summed E-state index contributed by atoms with van der Waals surface area (Å²) in [5, 5.41) is 0. The van der Waals surface area contributed by atoms with E-state index in [1.165, 1.54) is 31.3 Å². The van der Waals surface area contributed by atoms with E-state index in [0.29, 0.717) is 0 Å². The van der Waals surface area contributed by atoms with E-state index in [1.807, 2.05) is 0 Å². The van der Waals surface area contributed by atoms with E-state index in [9.17, 15) is 0 Å². The van der Waals surface area contributed by atoms with Gasteiger partial charge in [-0.05, 0) is 31.6 Å². The summed E-state index contributed by atoms with van der Waals surface area (Å²) < 4.78 is 0. The van der Waals surface area contributed by atoms with Gasteiger partial charge in [0.15, 0.2) is 0 Å². The fourth-order valence-electron chi connectivity index (χ4n) is 1.36. The van der Waals surface area contributed by atoms with Gasteiger partial charge in [0.25, 0.3) is 0 Å². The summed E-state index contributed by atoms with van der Waals surface area (Å²) in [5.41, 5.74) is 7.18. The molecule has 0 spiro atoms. The Morgan fingerprint density at radius 1 is 1.64 bits per heavy atom. The minimum atomic E-state index is 0.264. The van der Waals surface area contributed by atoms with Crippen LogP contribution < -0.4 is 5.73 Å². The third-order valence-corrected chi connectivity index (χ3v) is 2.37. The van der Waals surface area contributed by atoms with Crippen molar-refractivity contribution >= 4 is 0 Å². The molecule has 0 aliphatic heterocycles. The van der Waals surface area contributed by atoms with Crippen molar-refractivity contribution in [1.82, 2.24) is 0 Å². The molecule has 1 fully saturated rings. The molecule has 0 saturated heterocycles. The highest BCUT2D eigenvalue weighted by Gasteiger charge is 2.23. The van der Waals surface area contributed by atoms with E-state index in [2.05, 4.69) is 13.5 Å². The van der Waals surface area contributed by atoms with Crippen LogP contribution in [0.3, 0.4) is 0 Å². The Kier molecular flexibility index (Phi) is 3.13. The first kappa shape index (κ1) is 8.79. The normalized spacial score (nSPS) is 19.8. The Hall–Kier alpha value is -0.300. The molecule has 11 heavy (non-hydrogen) atoms. The second-order valence-corrected chi connectivity index (χ2v) is 3.70. The van der Waals surface area contributed by atoms with Gasteiger partial charge < -0.3 is 5.73 Å². The summed E-state index contributed by atoms with van der Waals surface area (Å²) in [6, 6.07) is 0.264. The third kappa shape index (κ3) is 3.06. The van der Waals surface area contributed by atoms with Crippen molar-refractivity contribution in [2.24, 2.45) is 11.7 Å². The van der Waals surface area contributed by atoms with Crippen molar-refractivity contribution in [2.75, 3.05) is 0 Å². The average Bonchev–Trinajstić information content (AvgIpc) is 2.72. The topological polar surface area (TPSA) is 26.0 Å². The van der Waals surface area contributed by atoms with Crippen LogP contribution in [0.15, 0.2) is 12.2 Å². The zero-order chi connectivity index (χ0) is 8.27. The van der Waals surface area contributed by atoms with Crippen LogP contribution in [0, 0.1) is 5.92 Å². The van der Waals surface area contributed by atoms with Crippen LogP contribution in [0.1, 0.15) is 39.0 Å². The van der Waals surface area contributed by atoms with Gasteiger partial charge >= 0.3 is 0 Å². The highest BCUT2D eigenvalue weighted by Crippen LogP contribution is 2.35. The van der Waals surface area contributed by atoms with E-state index in [-0.39, 0.29) is 6.04 Å². The van der Waals surface area contributed by atoms with Gasteiger partial charge in [0, 0.05) is 6.04 Å². The van der Waals surface area contributed by atoms with E-state index in [1.54, 1.807) is 0 Å². The summed E-state index contributed by atoms with van der Waals surface area (Å²) in [6.07, 6.45) is 6.26. The van der Waals surface area contributed by atoms with Crippen molar-refractivity contribution in [3.63, 3.8) is 0 Å². The standard InChI is InChI=1S/C10H19N/c1-3-4-10(11)8(2)7-9-5-6-9/h9-10H,2-7,11H2,1H3. The molecule has 0 aromatic carbocycles. The fourth-order valence-corrected chi connectivity index (χ4v) is 1.36. The van der Waals surface area contributed by atoms with Crippen molar-refractivity contribution in [3.05, 3.63) is 12.2 Å². The Balaban J connectivity index is 2.15. The van der Waals surface area contributed by atoms with Crippen LogP contribution >= 0.6 is 0 Å². The number of nitrogens with two attached hydrogens (primary N) is 1. The Morgan fingerprint density at radius 2 is 2.27 bits per heavy atom. The van der Waals surface area contributed by atoms with Crippen molar-refractivity contribution < 1.29 is 0 Å². The van der Waals surface area contributed by atoms with Gasteiger partial charge in [-0.15, -0.1) is 0 Å². The zero-order valence-corrected chi connectivity index (χ0v) is 7.47. The van der Waals surface area contributed by atoms with Gasteiger partial charge in [0.1, 0.15) is 0 Å². The van der Waals surface area contributed by atoms with Crippen LogP contribution in [0.25, 0.3) is 0 Å². The second kappa shape index (κ2) is 3.91. The van der Waals surface area contributed by atoms with E-state index < -0.39 is 0 Å². The summed E-state index contributed by atoms with van der Waals surface area (Å²) in [4.78, 5) is 0. The monoisotopic (exact) mass is 153 g/mol. The first-order valence-corrected chi connectivity index (χ1v) is 4.67. The van der Waals surface area contributed by atoms with Gasteiger partial charge in [0.2, 0.25) is 0 Å². The van der Waals surface area contributed by atoms with Gasteiger partial charge in [-0.3, -0.25) is 0 Å². The molecular formula is C10H19N. The molecule has 1 unspecified atom stereocenters. The molecule has 1 heteroatoms. The molecule has 1 atom stereocenters. The van der Waals surface area contributed by atoms with Crippen molar-refractivity contribution in [2.45, 2.75) is 45.1 Å². The molecule has 64 valence electrons. The van der Waals surface area contributed by atoms with Crippen LogP contribution in [0.2, 0.25) is 0 Å². The van der Waals surface area contributed by atoms with Gasteiger partial charge in [-0.25, -0.2) is 0 Å². The van der Waals surface area contributed by atoms with E-state index >= 15 is 0 Å². The molecule has 0 radical (unpaired) electrons. The molecule has 1 nitrogen and oxygen atoms in total. The summed E-state index contributed by atoms with van der Waals surface area (Å²) in [7, 11) is 0. The SMILES string of the molecule is C=C(CC1CC1)C(N)CCC. The molecule has 0 heterocycles. The average molecular weight is 153 g/mol. The minimum absolute atomic E-state index is 0.264. The molecule has 1 aliphatic rings. The summed E-state index contributed by atoms with van der Waals surface area (Å²) in [6.45, 7) is 6.20. The van der Waals surface area contributed by atoms with E-state index in [4.69, 9.17) is 5.73 Å². The van der Waals surface area contributed by atoms with Gasteiger partial charge in [0.05, 0.1) is 0 Å². The Labute approximate surface area is 69.7 Å². The smallest absolute Gasteiger partial charge is 0.0250 e. The maximum atomic E-state index is 5.90. The lowest BCUT2D eigenvalue weighted by Gasteiger charge is -2.12. The summed E-state index contributed by atoms with van der Waals surface area (Å²) >= 11 is 0. The number of hydrogen-bond donors (Lipinski definition) is 1.